The Morgan fingerprint density at radius 3 is 2.05 bits per heavy atom. The molecule has 2 atom stereocenters. The Morgan fingerprint density at radius 2 is 1.26 bits per heavy atom. The van der Waals surface area contributed by atoms with Crippen LogP contribution in [-0.4, -0.2) is 11.6 Å². The van der Waals surface area contributed by atoms with Gasteiger partial charge in [0.15, 0.2) is 6.29 Å². The van der Waals surface area contributed by atoms with Gasteiger partial charge in [-0.1, -0.05) is 115 Å². The van der Waals surface area contributed by atoms with Crippen molar-refractivity contribution in [2.45, 2.75) is 12.3 Å². The molecule has 1 aliphatic heterocycles. The van der Waals surface area contributed by atoms with Crippen LogP contribution in [0.3, 0.4) is 0 Å². The quantitative estimate of drug-likeness (QED) is 0.221. The molecule has 6 aromatic carbocycles. The first kappa shape index (κ1) is 25.4. The third-order valence-electron chi connectivity index (χ3n) is 8.70. The molecule has 2 N–H and O–H groups in total. The third kappa shape index (κ3) is 4.35. The number of para-hydroxylation sites is 3. The summed E-state index contributed by atoms with van der Waals surface area (Å²) in [5.41, 5.74) is 10.7. The standard InChI is InChI=1S/C39H32N4/c1-42(29-19-9-4-10-20-29)36-26-37-33(25-32(36)27-15-5-2-6-16-27)30-21-12-14-24-35(30)43(37)39-40-34-23-13-11-22-31(34)38(41-39)28-17-7-3-8-18-28/h2-26,38-41H,1H3. The van der Waals surface area contributed by atoms with E-state index in [2.05, 4.69) is 179 Å². The highest BCUT2D eigenvalue weighted by molar-refractivity contribution is 6.11. The first-order chi connectivity index (χ1) is 21.3. The predicted octanol–water partition coefficient (Wildman–Crippen LogP) is 9.49. The minimum atomic E-state index is -0.167. The number of benzene rings is 6. The number of aromatic nitrogens is 1. The average molecular weight is 557 g/mol. The Kier molecular flexibility index (Phi) is 6.20. The van der Waals surface area contributed by atoms with Gasteiger partial charge in [0.05, 0.1) is 22.8 Å². The van der Waals surface area contributed by atoms with Crippen LogP contribution >= 0.6 is 0 Å². The Labute approximate surface area is 251 Å². The first-order valence-electron chi connectivity index (χ1n) is 14.8. The van der Waals surface area contributed by atoms with Gasteiger partial charge in [0, 0.05) is 34.8 Å². The summed E-state index contributed by atoms with van der Waals surface area (Å²) in [5.74, 6) is 0. The van der Waals surface area contributed by atoms with Gasteiger partial charge in [-0.25, -0.2) is 0 Å². The summed E-state index contributed by atoms with van der Waals surface area (Å²) >= 11 is 0. The molecule has 0 saturated heterocycles. The monoisotopic (exact) mass is 556 g/mol. The van der Waals surface area contributed by atoms with Crippen LogP contribution in [0, 0.1) is 0 Å². The normalized spacial score (nSPS) is 16.1. The Morgan fingerprint density at radius 1 is 0.605 bits per heavy atom. The summed E-state index contributed by atoms with van der Waals surface area (Å²) in [5, 5.41) is 10.3. The first-order valence-corrected chi connectivity index (χ1v) is 14.8. The molecule has 0 amide bonds. The molecule has 8 rings (SSSR count). The molecule has 0 bridgehead atoms. The van der Waals surface area contributed by atoms with Crippen LogP contribution < -0.4 is 15.5 Å². The summed E-state index contributed by atoms with van der Waals surface area (Å²) in [6.07, 6.45) is -0.167. The summed E-state index contributed by atoms with van der Waals surface area (Å²) in [6.45, 7) is 0. The van der Waals surface area contributed by atoms with Crippen LogP contribution in [0.2, 0.25) is 0 Å². The molecule has 0 fully saturated rings. The maximum atomic E-state index is 3.98. The van der Waals surface area contributed by atoms with E-state index < -0.39 is 0 Å². The van der Waals surface area contributed by atoms with Crippen molar-refractivity contribution in [2.75, 3.05) is 17.3 Å². The average Bonchev–Trinajstić information content (AvgIpc) is 3.41. The van der Waals surface area contributed by atoms with Crippen molar-refractivity contribution in [3.05, 3.63) is 163 Å². The van der Waals surface area contributed by atoms with Gasteiger partial charge in [0.2, 0.25) is 0 Å². The van der Waals surface area contributed by atoms with Crippen molar-refractivity contribution in [1.29, 1.82) is 0 Å². The maximum Gasteiger partial charge on any atom is 0.160 e. The summed E-state index contributed by atoms with van der Waals surface area (Å²) in [6, 6.07) is 54.2. The zero-order valence-electron chi connectivity index (χ0n) is 24.0. The Hall–Kier alpha value is -5.32. The number of anilines is 3. The molecule has 4 nitrogen and oxygen atoms in total. The van der Waals surface area contributed by atoms with Gasteiger partial charge in [-0.2, -0.15) is 0 Å². The molecular weight excluding hydrogens is 524 g/mol. The van der Waals surface area contributed by atoms with E-state index in [-0.39, 0.29) is 12.3 Å². The molecule has 0 aliphatic carbocycles. The van der Waals surface area contributed by atoms with E-state index in [0.717, 1.165) is 17.1 Å². The fourth-order valence-corrected chi connectivity index (χ4v) is 6.61. The summed E-state index contributed by atoms with van der Waals surface area (Å²) in [4.78, 5) is 2.30. The van der Waals surface area contributed by atoms with Crippen LogP contribution in [-0.2, 0) is 0 Å². The number of rotatable bonds is 5. The third-order valence-corrected chi connectivity index (χ3v) is 8.70. The van der Waals surface area contributed by atoms with E-state index in [4.69, 9.17) is 0 Å². The van der Waals surface area contributed by atoms with Crippen molar-refractivity contribution in [3.8, 4) is 11.1 Å². The largest absolute Gasteiger partial charge is 0.352 e. The molecule has 0 radical (unpaired) electrons. The molecule has 0 saturated carbocycles. The van der Waals surface area contributed by atoms with Crippen LogP contribution in [0.15, 0.2) is 152 Å². The highest BCUT2D eigenvalue weighted by atomic mass is 15.3. The zero-order valence-corrected chi connectivity index (χ0v) is 24.0. The Balaban J connectivity index is 1.37. The lowest BCUT2D eigenvalue weighted by molar-refractivity contribution is 0.417. The summed E-state index contributed by atoms with van der Waals surface area (Å²) < 4.78 is 2.44. The molecule has 2 heterocycles. The van der Waals surface area contributed by atoms with Crippen LogP contribution in [0.4, 0.5) is 17.1 Å². The highest BCUT2D eigenvalue weighted by Gasteiger charge is 2.30. The van der Waals surface area contributed by atoms with E-state index in [9.17, 15) is 0 Å². The fourth-order valence-electron chi connectivity index (χ4n) is 6.61. The second-order valence-corrected chi connectivity index (χ2v) is 11.2. The number of hydrogen-bond donors (Lipinski definition) is 2. The van der Waals surface area contributed by atoms with Crippen molar-refractivity contribution in [3.63, 3.8) is 0 Å². The fraction of sp³-hybridized carbons (Fsp3) is 0.0769. The lowest BCUT2D eigenvalue weighted by Gasteiger charge is -2.36. The highest BCUT2D eigenvalue weighted by Crippen LogP contribution is 2.43. The van der Waals surface area contributed by atoms with Gasteiger partial charge < -0.3 is 14.8 Å². The SMILES string of the molecule is CN(c1ccccc1)c1cc2c(cc1-c1ccccc1)c1ccccc1n2C1Nc2ccccc2C(c2ccccc2)N1. The van der Waals surface area contributed by atoms with Crippen molar-refractivity contribution < 1.29 is 0 Å². The van der Waals surface area contributed by atoms with E-state index in [1.807, 2.05) is 0 Å². The number of hydrogen-bond acceptors (Lipinski definition) is 3. The lowest BCUT2D eigenvalue weighted by atomic mass is 9.95. The molecule has 7 aromatic rings. The minimum Gasteiger partial charge on any atom is -0.352 e. The van der Waals surface area contributed by atoms with Crippen molar-refractivity contribution in [2.24, 2.45) is 0 Å². The number of nitrogens with zero attached hydrogens (tertiary/aromatic N) is 2. The van der Waals surface area contributed by atoms with Crippen molar-refractivity contribution in [1.82, 2.24) is 9.88 Å². The second kappa shape index (κ2) is 10.5. The molecule has 43 heavy (non-hydrogen) atoms. The molecule has 1 aliphatic rings. The number of fused-ring (bicyclic) bond motifs is 4. The van der Waals surface area contributed by atoms with Gasteiger partial charge >= 0.3 is 0 Å². The topological polar surface area (TPSA) is 32.2 Å². The predicted molar refractivity (Wildman–Crippen MR) is 180 cm³/mol. The van der Waals surface area contributed by atoms with Gasteiger partial charge in [0.1, 0.15) is 0 Å². The summed E-state index contributed by atoms with van der Waals surface area (Å²) in [7, 11) is 2.16. The van der Waals surface area contributed by atoms with Crippen LogP contribution in [0.1, 0.15) is 23.5 Å². The lowest BCUT2D eigenvalue weighted by Crippen LogP contribution is -2.40. The smallest absolute Gasteiger partial charge is 0.160 e. The van der Waals surface area contributed by atoms with Crippen LogP contribution in [0.25, 0.3) is 32.9 Å². The minimum absolute atomic E-state index is 0.0508. The maximum absolute atomic E-state index is 3.98. The number of nitrogens with one attached hydrogen (secondary N) is 2. The van der Waals surface area contributed by atoms with E-state index >= 15 is 0 Å². The van der Waals surface area contributed by atoms with E-state index in [1.54, 1.807) is 0 Å². The molecule has 4 heteroatoms. The van der Waals surface area contributed by atoms with E-state index in [0.29, 0.717) is 0 Å². The second-order valence-electron chi connectivity index (χ2n) is 11.2. The van der Waals surface area contributed by atoms with Gasteiger partial charge in [-0.3, -0.25) is 5.32 Å². The van der Waals surface area contributed by atoms with Gasteiger partial charge in [-0.05, 0) is 53.1 Å². The van der Waals surface area contributed by atoms with Crippen LogP contribution in [0.5, 0.6) is 0 Å². The van der Waals surface area contributed by atoms with Crippen molar-refractivity contribution >= 4 is 38.9 Å². The molecular formula is C39H32N4. The Bertz CT molecular complexity index is 2050. The van der Waals surface area contributed by atoms with Gasteiger partial charge in [0.25, 0.3) is 0 Å². The van der Waals surface area contributed by atoms with Gasteiger partial charge in [-0.15, -0.1) is 0 Å². The molecule has 1 aromatic heterocycles. The zero-order chi connectivity index (χ0) is 28.8. The molecule has 208 valence electrons. The molecule has 0 spiro atoms. The van der Waals surface area contributed by atoms with E-state index in [1.165, 1.54) is 44.1 Å². The molecule has 2 unspecified atom stereocenters.